The number of rotatable bonds is 3. The first-order valence-corrected chi connectivity index (χ1v) is 9.50. The molecule has 2 N–H and O–H groups in total. The van der Waals surface area contributed by atoms with Gasteiger partial charge in [-0.2, -0.15) is 0 Å². The summed E-state index contributed by atoms with van der Waals surface area (Å²) in [6.07, 6.45) is -0.853. The molecule has 0 bridgehead atoms. The molecule has 7 nitrogen and oxygen atoms in total. The number of hydrogen-bond donors (Lipinski definition) is 2. The number of fused-ring (bicyclic) bond motifs is 1. The molecule has 0 radical (unpaired) electrons. The smallest absolute Gasteiger partial charge is 0.410 e. The van der Waals surface area contributed by atoms with Crippen LogP contribution < -0.4 is 5.32 Å². The zero-order chi connectivity index (χ0) is 19.6. The minimum atomic E-state index is -0.588. The first-order valence-electron chi connectivity index (χ1n) is 9.50. The van der Waals surface area contributed by atoms with E-state index in [1.807, 2.05) is 52.0 Å². The van der Waals surface area contributed by atoms with Gasteiger partial charge in [0, 0.05) is 26.2 Å². The van der Waals surface area contributed by atoms with Crippen LogP contribution in [0.15, 0.2) is 29.3 Å². The Balaban J connectivity index is 0.00000280. The van der Waals surface area contributed by atoms with E-state index < -0.39 is 11.7 Å². The average molecular weight is 502 g/mol. The highest BCUT2D eigenvalue weighted by Crippen LogP contribution is 2.19. The van der Waals surface area contributed by atoms with E-state index >= 15 is 0 Å². The summed E-state index contributed by atoms with van der Waals surface area (Å²) in [5.41, 5.74) is 1.57. The lowest BCUT2D eigenvalue weighted by Gasteiger charge is -2.39. The highest BCUT2D eigenvalue weighted by molar-refractivity contribution is 14.0. The van der Waals surface area contributed by atoms with Crippen LogP contribution >= 0.6 is 24.0 Å². The fourth-order valence-corrected chi connectivity index (χ4v) is 3.32. The lowest BCUT2D eigenvalue weighted by Crippen LogP contribution is -2.57. The van der Waals surface area contributed by atoms with Crippen LogP contribution in [0.2, 0.25) is 0 Å². The van der Waals surface area contributed by atoms with E-state index in [-0.39, 0.29) is 36.1 Å². The molecule has 2 aliphatic rings. The Hall–Kier alpha value is -1.55. The molecule has 0 saturated carbocycles. The monoisotopic (exact) mass is 502 g/mol. The van der Waals surface area contributed by atoms with Crippen molar-refractivity contribution < 1.29 is 14.6 Å². The molecule has 2 atom stereocenters. The van der Waals surface area contributed by atoms with E-state index in [0.29, 0.717) is 32.7 Å². The molecule has 0 aromatic heterocycles. The fraction of sp³-hybridized carbons (Fsp3) is 0.600. The molecule has 1 saturated heterocycles. The highest BCUT2D eigenvalue weighted by Gasteiger charge is 2.36. The largest absolute Gasteiger partial charge is 0.444 e. The number of nitrogens with zero attached hydrogens (tertiary/aromatic N) is 3. The number of aliphatic hydroxyl groups is 1. The number of amides is 1. The zero-order valence-electron chi connectivity index (χ0n) is 17.0. The Morgan fingerprint density at radius 2 is 2.00 bits per heavy atom. The van der Waals surface area contributed by atoms with Crippen LogP contribution in [-0.4, -0.2) is 71.3 Å². The first-order chi connectivity index (χ1) is 12.7. The molecule has 1 fully saturated rings. The normalized spacial score (nSPS) is 20.0. The van der Waals surface area contributed by atoms with Crippen LogP contribution in [0, 0.1) is 6.92 Å². The summed E-state index contributed by atoms with van der Waals surface area (Å²) in [6, 6.07) is 8.04. The van der Waals surface area contributed by atoms with Gasteiger partial charge < -0.3 is 25.0 Å². The van der Waals surface area contributed by atoms with Crippen LogP contribution in [0.3, 0.4) is 0 Å². The van der Waals surface area contributed by atoms with Gasteiger partial charge in [0.1, 0.15) is 5.60 Å². The number of aliphatic imine (C=N–C) groups is 1. The summed E-state index contributed by atoms with van der Waals surface area (Å²) in [5.74, 6) is 0.801. The number of ether oxygens (including phenoxy) is 1. The standard InChI is InChI=1S/C20H30N4O3.HI/c1-14-5-7-15(8-6-14)17(25)12-22-18-21-11-16-13-23(9-10-24(16)18)19(26)27-20(2,3)4;/h5-8,16-17,25H,9-13H2,1-4H3,(H,21,22);1H. The van der Waals surface area contributed by atoms with Gasteiger partial charge in [0.2, 0.25) is 0 Å². The van der Waals surface area contributed by atoms with Gasteiger partial charge in [0.15, 0.2) is 5.96 Å². The van der Waals surface area contributed by atoms with Gasteiger partial charge in [0.05, 0.1) is 18.7 Å². The van der Waals surface area contributed by atoms with E-state index in [4.69, 9.17) is 4.74 Å². The number of piperazine rings is 1. The Labute approximate surface area is 184 Å². The molecular formula is C20H31IN4O3. The van der Waals surface area contributed by atoms with E-state index in [0.717, 1.165) is 11.5 Å². The number of halogens is 1. The maximum absolute atomic E-state index is 12.3. The Bertz CT molecular complexity index is 702. The Kier molecular flexibility index (Phi) is 7.55. The number of nitrogens with one attached hydrogen (secondary N) is 1. The van der Waals surface area contributed by atoms with Crippen molar-refractivity contribution in [3.63, 3.8) is 0 Å². The number of benzene rings is 1. The zero-order valence-corrected chi connectivity index (χ0v) is 19.3. The minimum Gasteiger partial charge on any atom is -0.444 e. The first kappa shape index (κ1) is 22.7. The Morgan fingerprint density at radius 3 is 2.64 bits per heavy atom. The van der Waals surface area contributed by atoms with E-state index in [1.165, 1.54) is 5.56 Å². The summed E-state index contributed by atoms with van der Waals surface area (Å²) >= 11 is 0. The van der Waals surface area contributed by atoms with Gasteiger partial charge >= 0.3 is 6.09 Å². The van der Waals surface area contributed by atoms with Gasteiger partial charge in [-0.15, -0.1) is 24.0 Å². The molecule has 1 aromatic rings. The molecule has 1 aromatic carbocycles. The third-order valence-corrected chi connectivity index (χ3v) is 4.77. The van der Waals surface area contributed by atoms with Gasteiger partial charge in [-0.3, -0.25) is 4.99 Å². The van der Waals surface area contributed by atoms with Crippen LogP contribution in [0.4, 0.5) is 4.79 Å². The molecule has 3 rings (SSSR count). The summed E-state index contributed by atoms with van der Waals surface area (Å²) < 4.78 is 5.47. The second-order valence-corrected chi connectivity index (χ2v) is 8.25. The molecule has 2 unspecified atom stereocenters. The van der Waals surface area contributed by atoms with Crippen molar-refractivity contribution in [2.75, 3.05) is 32.7 Å². The number of aliphatic hydroxyl groups excluding tert-OH is 1. The summed E-state index contributed by atoms with van der Waals surface area (Å²) in [5, 5.41) is 13.7. The SMILES string of the molecule is Cc1ccc(C(O)CNC2=NCC3CN(C(=O)OC(C)(C)C)CCN23)cc1.I. The van der Waals surface area contributed by atoms with Crippen molar-refractivity contribution in [2.24, 2.45) is 4.99 Å². The van der Waals surface area contributed by atoms with E-state index in [2.05, 4.69) is 15.2 Å². The summed E-state index contributed by atoms with van der Waals surface area (Å²) in [4.78, 5) is 20.8. The third kappa shape index (κ3) is 5.73. The number of carbonyl (C=O) groups is 1. The van der Waals surface area contributed by atoms with E-state index in [9.17, 15) is 9.90 Å². The van der Waals surface area contributed by atoms with Crippen molar-refractivity contribution in [1.29, 1.82) is 0 Å². The van der Waals surface area contributed by atoms with Gasteiger partial charge in [0.25, 0.3) is 0 Å². The second kappa shape index (κ2) is 9.30. The Morgan fingerprint density at radius 1 is 1.32 bits per heavy atom. The van der Waals surface area contributed by atoms with Crippen molar-refractivity contribution in [3.8, 4) is 0 Å². The summed E-state index contributed by atoms with van der Waals surface area (Å²) in [6.45, 7) is 10.6. The topological polar surface area (TPSA) is 77.4 Å². The molecule has 8 heteroatoms. The van der Waals surface area contributed by atoms with Crippen LogP contribution in [0.25, 0.3) is 0 Å². The second-order valence-electron chi connectivity index (χ2n) is 8.25. The number of guanidine groups is 1. The van der Waals surface area contributed by atoms with Crippen molar-refractivity contribution >= 4 is 36.0 Å². The quantitative estimate of drug-likeness (QED) is 0.622. The van der Waals surface area contributed by atoms with Crippen LogP contribution in [0.5, 0.6) is 0 Å². The average Bonchev–Trinajstić information content (AvgIpc) is 3.01. The summed E-state index contributed by atoms with van der Waals surface area (Å²) in [7, 11) is 0. The molecule has 2 heterocycles. The lowest BCUT2D eigenvalue weighted by molar-refractivity contribution is 0.0137. The maximum atomic E-state index is 12.3. The number of carbonyl (C=O) groups excluding carboxylic acids is 1. The van der Waals surface area contributed by atoms with Gasteiger partial charge in [-0.1, -0.05) is 29.8 Å². The highest BCUT2D eigenvalue weighted by atomic mass is 127. The van der Waals surface area contributed by atoms with Crippen LogP contribution in [-0.2, 0) is 4.74 Å². The number of hydrogen-bond acceptors (Lipinski definition) is 6. The minimum absolute atomic E-state index is 0. The van der Waals surface area contributed by atoms with Gasteiger partial charge in [-0.25, -0.2) is 4.79 Å². The van der Waals surface area contributed by atoms with Crippen molar-refractivity contribution in [3.05, 3.63) is 35.4 Å². The predicted molar refractivity (Wildman–Crippen MR) is 120 cm³/mol. The molecule has 28 heavy (non-hydrogen) atoms. The lowest BCUT2D eigenvalue weighted by atomic mass is 10.1. The molecule has 156 valence electrons. The molecule has 2 aliphatic heterocycles. The fourth-order valence-electron chi connectivity index (χ4n) is 3.32. The van der Waals surface area contributed by atoms with Crippen LogP contribution in [0.1, 0.15) is 38.0 Å². The van der Waals surface area contributed by atoms with Crippen molar-refractivity contribution in [1.82, 2.24) is 15.1 Å². The third-order valence-electron chi connectivity index (χ3n) is 4.77. The predicted octanol–water partition coefficient (Wildman–Crippen LogP) is 2.53. The molecule has 0 aliphatic carbocycles. The molecule has 0 spiro atoms. The van der Waals surface area contributed by atoms with E-state index in [1.54, 1.807) is 4.90 Å². The maximum Gasteiger partial charge on any atom is 0.410 e. The number of aryl methyl sites for hydroxylation is 1. The van der Waals surface area contributed by atoms with Crippen molar-refractivity contribution in [2.45, 2.75) is 45.4 Å². The molecular weight excluding hydrogens is 471 g/mol. The molecule has 1 amide bonds. The van der Waals surface area contributed by atoms with Gasteiger partial charge in [-0.05, 0) is 33.3 Å².